The Labute approximate surface area is 192 Å². The molecule has 0 heterocycles. The maximum absolute atomic E-state index is 12.5. The fourth-order valence-electron chi connectivity index (χ4n) is 5.59. The summed E-state index contributed by atoms with van der Waals surface area (Å²) >= 11 is 0. The van der Waals surface area contributed by atoms with Crippen LogP contribution < -0.4 is 10.6 Å². The monoisotopic (exact) mass is 448 g/mol. The maximum atomic E-state index is 12.5. The molecule has 0 aliphatic heterocycles. The molecule has 3 aliphatic rings. The minimum atomic E-state index is -0.755. The van der Waals surface area contributed by atoms with E-state index in [0.29, 0.717) is 19.3 Å². The van der Waals surface area contributed by atoms with Crippen LogP contribution in [0.4, 0.5) is 4.79 Å². The lowest BCUT2D eigenvalue weighted by atomic mass is 9.98. The van der Waals surface area contributed by atoms with Gasteiger partial charge < -0.3 is 20.5 Å². The largest absolute Gasteiger partial charge is 0.481 e. The van der Waals surface area contributed by atoms with Gasteiger partial charge in [-0.05, 0) is 47.4 Å². The molecule has 2 aromatic rings. The molecule has 2 amide bonds. The number of benzene rings is 2. The number of carbonyl (C=O) groups excluding carboxylic acids is 2. The van der Waals surface area contributed by atoms with Crippen LogP contribution >= 0.6 is 0 Å². The van der Waals surface area contributed by atoms with E-state index in [-0.39, 0.29) is 36.9 Å². The molecule has 3 N–H and O–H groups in total. The Morgan fingerprint density at radius 3 is 2.30 bits per heavy atom. The van der Waals surface area contributed by atoms with Crippen LogP contribution in [-0.4, -0.2) is 42.3 Å². The molecule has 0 bridgehead atoms. The highest BCUT2D eigenvalue weighted by Crippen LogP contribution is 2.63. The van der Waals surface area contributed by atoms with Gasteiger partial charge in [-0.2, -0.15) is 0 Å². The van der Waals surface area contributed by atoms with Gasteiger partial charge in [0.15, 0.2) is 0 Å². The van der Waals surface area contributed by atoms with Crippen LogP contribution in [0.15, 0.2) is 48.5 Å². The summed E-state index contributed by atoms with van der Waals surface area (Å²) in [6.45, 7) is 2.12. The third-order valence-corrected chi connectivity index (χ3v) is 7.53. The van der Waals surface area contributed by atoms with E-state index in [1.807, 2.05) is 24.3 Å². The summed E-state index contributed by atoms with van der Waals surface area (Å²) in [6.07, 6.45) is 1.37. The number of hydrogen-bond donors (Lipinski definition) is 3. The number of ether oxygens (including phenoxy) is 1. The van der Waals surface area contributed by atoms with Crippen LogP contribution in [0.25, 0.3) is 11.1 Å². The molecular formula is C26H28N2O5. The van der Waals surface area contributed by atoms with Crippen molar-refractivity contribution in [1.29, 1.82) is 0 Å². The number of hydrogen-bond acceptors (Lipinski definition) is 4. The summed E-state index contributed by atoms with van der Waals surface area (Å²) in [5, 5.41) is 15.0. The lowest BCUT2D eigenvalue weighted by molar-refractivity contribution is -0.144. The van der Waals surface area contributed by atoms with Gasteiger partial charge in [0.05, 0.1) is 11.3 Å². The Morgan fingerprint density at radius 1 is 1.06 bits per heavy atom. The molecule has 0 spiro atoms. The van der Waals surface area contributed by atoms with Gasteiger partial charge in [-0.1, -0.05) is 55.5 Å². The Bertz CT molecular complexity index is 1070. The molecule has 7 nitrogen and oxygen atoms in total. The van der Waals surface area contributed by atoms with E-state index in [0.717, 1.165) is 11.1 Å². The van der Waals surface area contributed by atoms with Gasteiger partial charge >= 0.3 is 12.1 Å². The lowest BCUT2D eigenvalue weighted by Crippen LogP contribution is -2.42. The van der Waals surface area contributed by atoms with Crippen molar-refractivity contribution in [1.82, 2.24) is 10.6 Å². The van der Waals surface area contributed by atoms with Gasteiger partial charge in [0.1, 0.15) is 6.61 Å². The van der Waals surface area contributed by atoms with Crippen LogP contribution in [0, 0.1) is 17.3 Å². The summed E-state index contributed by atoms with van der Waals surface area (Å²) in [6, 6.07) is 16.2. The topological polar surface area (TPSA) is 105 Å². The van der Waals surface area contributed by atoms with Crippen molar-refractivity contribution < 1.29 is 24.2 Å². The number of nitrogens with one attached hydrogen (secondary N) is 2. The van der Waals surface area contributed by atoms with Crippen molar-refractivity contribution in [3.8, 4) is 11.1 Å². The van der Waals surface area contributed by atoms with Crippen molar-refractivity contribution in [2.75, 3.05) is 13.2 Å². The highest BCUT2D eigenvalue weighted by molar-refractivity contribution is 5.82. The SMILES string of the molecule is CC(CNC(=O)OCC1c2ccccc2-c2ccccc21)C(=O)NC1CC2CC2(C(=O)O)C1. The Morgan fingerprint density at radius 2 is 1.70 bits per heavy atom. The fourth-order valence-corrected chi connectivity index (χ4v) is 5.59. The van der Waals surface area contributed by atoms with Crippen molar-refractivity contribution >= 4 is 18.0 Å². The number of rotatable bonds is 7. The number of carboxylic acids is 1. The first-order valence-electron chi connectivity index (χ1n) is 11.5. The van der Waals surface area contributed by atoms with Crippen LogP contribution in [0.2, 0.25) is 0 Å². The minimum absolute atomic E-state index is 0.0146. The molecule has 0 radical (unpaired) electrons. The van der Waals surface area contributed by atoms with Gasteiger partial charge in [-0.25, -0.2) is 4.79 Å². The number of carbonyl (C=O) groups is 3. The standard InChI is InChI=1S/C26H28N2O5/c1-15(23(29)28-17-10-16-11-26(16,12-17)24(30)31)13-27-25(32)33-14-22-20-8-4-2-6-18(20)19-7-3-5-9-21(19)22/h2-9,15-17,22H,10-14H2,1H3,(H,27,32)(H,28,29)(H,30,31). The van der Waals surface area contributed by atoms with Gasteiger partial charge in [-0.3, -0.25) is 9.59 Å². The van der Waals surface area contributed by atoms with E-state index < -0.39 is 23.4 Å². The van der Waals surface area contributed by atoms with E-state index in [9.17, 15) is 19.5 Å². The average Bonchev–Trinajstić information content (AvgIpc) is 3.25. The number of aliphatic carboxylic acids is 1. The van der Waals surface area contributed by atoms with E-state index in [2.05, 4.69) is 34.9 Å². The molecule has 0 aromatic heterocycles. The molecule has 2 fully saturated rings. The molecule has 2 saturated carbocycles. The minimum Gasteiger partial charge on any atom is -0.481 e. The van der Waals surface area contributed by atoms with Crippen LogP contribution in [-0.2, 0) is 14.3 Å². The summed E-state index contributed by atoms with van der Waals surface area (Å²) < 4.78 is 5.52. The molecule has 33 heavy (non-hydrogen) atoms. The Balaban J connectivity index is 1.10. The molecule has 4 atom stereocenters. The van der Waals surface area contributed by atoms with Gasteiger partial charge in [0.2, 0.25) is 5.91 Å². The fraction of sp³-hybridized carbons (Fsp3) is 0.423. The Kier molecular flexibility index (Phi) is 5.35. The van der Waals surface area contributed by atoms with Crippen molar-refractivity contribution in [2.45, 2.75) is 38.1 Å². The molecule has 2 aromatic carbocycles. The predicted octanol–water partition coefficient (Wildman–Crippen LogP) is 3.53. The van der Waals surface area contributed by atoms with Crippen LogP contribution in [0.3, 0.4) is 0 Å². The summed E-state index contributed by atoms with van der Waals surface area (Å²) in [7, 11) is 0. The van der Waals surface area contributed by atoms with E-state index >= 15 is 0 Å². The molecule has 4 unspecified atom stereocenters. The average molecular weight is 449 g/mol. The maximum Gasteiger partial charge on any atom is 0.407 e. The zero-order valence-corrected chi connectivity index (χ0v) is 18.5. The number of amides is 2. The third-order valence-electron chi connectivity index (χ3n) is 7.53. The number of alkyl carbamates (subject to hydrolysis) is 1. The molecule has 5 rings (SSSR count). The number of fused-ring (bicyclic) bond motifs is 4. The second-order valence-electron chi connectivity index (χ2n) is 9.62. The van der Waals surface area contributed by atoms with E-state index in [1.54, 1.807) is 6.92 Å². The normalized spacial score (nSPS) is 25.4. The summed E-state index contributed by atoms with van der Waals surface area (Å²) in [5.41, 5.74) is 4.00. The second-order valence-corrected chi connectivity index (χ2v) is 9.62. The number of carboxylic acid groups (broad SMARTS) is 1. The summed E-state index contributed by atoms with van der Waals surface area (Å²) in [5.74, 6) is -1.22. The van der Waals surface area contributed by atoms with Gasteiger partial charge in [0.25, 0.3) is 0 Å². The van der Waals surface area contributed by atoms with Crippen molar-refractivity contribution in [3.63, 3.8) is 0 Å². The lowest BCUT2D eigenvalue weighted by Gasteiger charge is -2.19. The zero-order valence-electron chi connectivity index (χ0n) is 18.5. The first-order valence-corrected chi connectivity index (χ1v) is 11.5. The zero-order chi connectivity index (χ0) is 23.2. The van der Waals surface area contributed by atoms with Crippen LogP contribution in [0.5, 0.6) is 0 Å². The molecule has 3 aliphatic carbocycles. The van der Waals surface area contributed by atoms with Gasteiger partial charge in [-0.15, -0.1) is 0 Å². The quantitative estimate of drug-likeness (QED) is 0.601. The highest BCUT2D eigenvalue weighted by Gasteiger charge is 2.65. The van der Waals surface area contributed by atoms with Crippen LogP contribution in [0.1, 0.15) is 43.2 Å². The smallest absolute Gasteiger partial charge is 0.407 e. The molecular weight excluding hydrogens is 420 g/mol. The molecule has 0 saturated heterocycles. The van der Waals surface area contributed by atoms with E-state index in [1.165, 1.54) is 11.1 Å². The molecule has 172 valence electrons. The third kappa shape index (κ3) is 3.86. The first kappa shape index (κ1) is 21.5. The van der Waals surface area contributed by atoms with Crippen molar-refractivity contribution in [2.24, 2.45) is 17.3 Å². The first-order chi connectivity index (χ1) is 15.9. The summed E-state index contributed by atoms with van der Waals surface area (Å²) in [4.78, 5) is 36.3. The Hall–Kier alpha value is -3.35. The predicted molar refractivity (Wildman–Crippen MR) is 122 cm³/mol. The second kappa shape index (κ2) is 8.21. The highest BCUT2D eigenvalue weighted by atomic mass is 16.5. The van der Waals surface area contributed by atoms with Gasteiger partial charge in [0, 0.05) is 18.5 Å². The van der Waals surface area contributed by atoms with E-state index in [4.69, 9.17) is 4.74 Å². The van der Waals surface area contributed by atoms with Crippen molar-refractivity contribution in [3.05, 3.63) is 59.7 Å². The molecule has 7 heteroatoms.